The summed E-state index contributed by atoms with van der Waals surface area (Å²) in [5.41, 5.74) is 4.21. The van der Waals surface area contributed by atoms with E-state index in [9.17, 15) is 5.11 Å². The van der Waals surface area contributed by atoms with Gasteiger partial charge in [0, 0.05) is 0 Å². The normalized spacial score (nSPS) is 35.9. The number of fused-ring (bicyclic) bond motifs is 3. The fourth-order valence-electron chi connectivity index (χ4n) is 4.49. The minimum absolute atomic E-state index is 0.439. The maximum atomic E-state index is 9.66. The molecule has 0 bridgehead atoms. The van der Waals surface area contributed by atoms with E-state index in [-0.39, 0.29) is 0 Å². The molecule has 4 rings (SSSR count). The third-order valence-electron chi connectivity index (χ3n) is 6.13. The molecule has 1 N–H and O–H groups in total. The Morgan fingerprint density at radius 2 is 1.89 bits per heavy atom. The molecule has 1 aromatic carbocycles. The number of aromatic hydroxyl groups is 1. The summed E-state index contributed by atoms with van der Waals surface area (Å²) in [7, 11) is 0. The van der Waals surface area contributed by atoms with E-state index in [0.717, 1.165) is 17.8 Å². The van der Waals surface area contributed by atoms with Crippen LogP contribution in [0.2, 0.25) is 0 Å². The summed E-state index contributed by atoms with van der Waals surface area (Å²) in [5, 5.41) is 9.66. The SMILES string of the molecule is CC12CCc3cc(O)ccc3C1CC1(CC1)CC2. The largest absolute Gasteiger partial charge is 0.508 e. The Morgan fingerprint density at radius 1 is 1.11 bits per heavy atom. The van der Waals surface area contributed by atoms with Crippen LogP contribution in [0, 0.1) is 10.8 Å². The van der Waals surface area contributed by atoms with Crippen LogP contribution in [0.1, 0.15) is 62.5 Å². The van der Waals surface area contributed by atoms with Crippen molar-refractivity contribution < 1.29 is 5.11 Å². The lowest BCUT2D eigenvalue weighted by atomic mass is 9.56. The zero-order valence-electron chi connectivity index (χ0n) is 11.2. The summed E-state index contributed by atoms with van der Waals surface area (Å²) in [6.45, 7) is 2.50. The van der Waals surface area contributed by atoms with E-state index in [1.807, 2.05) is 12.1 Å². The van der Waals surface area contributed by atoms with Crippen LogP contribution in [-0.2, 0) is 6.42 Å². The number of phenols is 1. The number of aryl methyl sites for hydroxylation is 1. The second-order valence-electron chi connectivity index (χ2n) is 7.29. The average Bonchev–Trinajstić information content (AvgIpc) is 3.11. The molecule has 0 radical (unpaired) electrons. The molecule has 0 heterocycles. The van der Waals surface area contributed by atoms with Gasteiger partial charge >= 0.3 is 0 Å². The van der Waals surface area contributed by atoms with Crippen LogP contribution in [0.3, 0.4) is 0 Å². The van der Waals surface area contributed by atoms with Gasteiger partial charge in [-0.15, -0.1) is 0 Å². The van der Waals surface area contributed by atoms with Crippen LogP contribution in [0.4, 0.5) is 0 Å². The Bertz CT molecular complexity index is 500. The predicted octanol–water partition coefficient (Wildman–Crippen LogP) is 4.39. The first-order valence-corrected chi connectivity index (χ1v) is 7.42. The van der Waals surface area contributed by atoms with Crippen LogP contribution in [0.15, 0.2) is 18.2 Å². The van der Waals surface area contributed by atoms with Gasteiger partial charge in [0.1, 0.15) is 5.75 Å². The monoisotopic (exact) mass is 242 g/mol. The van der Waals surface area contributed by atoms with E-state index >= 15 is 0 Å². The van der Waals surface area contributed by atoms with Gasteiger partial charge in [-0.3, -0.25) is 0 Å². The van der Waals surface area contributed by atoms with Gasteiger partial charge in [0.05, 0.1) is 0 Å². The molecular weight excluding hydrogens is 220 g/mol. The van der Waals surface area contributed by atoms with Crippen molar-refractivity contribution in [3.63, 3.8) is 0 Å². The van der Waals surface area contributed by atoms with Crippen molar-refractivity contribution >= 4 is 0 Å². The minimum Gasteiger partial charge on any atom is -0.508 e. The van der Waals surface area contributed by atoms with Crippen molar-refractivity contribution in [3.8, 4) is 5.75 Å². The summed E-state index contributed by atoms with van der Waals surface area (Å²) in [5.74, 6) is 1.19. The van der Waals surface area contributed by atoms with Gasteiger partial charge in [-0.1, -0.05) is 13.0 Å². The van der Waals surface area contributed by atoms with Crippen LogP contribution >= 0.6 is 0 Å². The molecule has 2 saturated carbocycles. The lowest BCUT2D eigenvalue weighted by molar-refractivity contribution is 0.101. The molecule has 3 aliphatic rings. The maximum Gasteiger partial charge on any atom is 0.115 e. The van der Waals surface area contributed by atoms with E-state index in [1.54, 1.807) is 5.56 Å². The molecule has 0 saturated heterocycles. The Kier molecular flexibility index (Phi) is 2.01. The number of rotatable bonds is 0. The van der Waals surface area contributed by atoms with Gasteiger partial charge < -0.3 is 5.11 Å². The topological polar surface area (TPSA) is 20.2 Å². The molecule has 96 valence electrons. The van der Waals surface area contributed by atoms with Crippen molar-refractivity contribution in [3.05, 3.63) is 29.3 Å². The van der Waals surface area contributed by atoms with E-state index in [1.165, 1.54) is 44.1 Å². The second kappa shape index (κ2) is 3.31. The smallest absolute Gasteiger partial charge is 0.115 e. The van der Waals surface area contributed by atoms with E-state index in [4.69, 9.17) is 0 Å². The van der Waals surface area contributed by atoms with Crippen LogP contribution in [0.25, 0.3) is 0 Å². The van der Waals surface area contributed by atoms with E-state index in [2.05, 4.69) is 13.0 Å². The van der Waals surface area contributed by atoms with Crippen LogP contribution in [-0.4, -0.2) is 5.11 Å². The van der Waals surface area contributed by atoms with Crippen LogP contribution < -0.4 is 0 Å². The van der Waals surface area contributed by atoms with Gasteiger partial charge in [-0.2, -0.15) is 0 Å². The number of benzene rings is 1. The molecule has 2 atom stereocenters. The standard InChI is InChI=1S/C17H22O/c1-16-5-4-12-10-13(18)2-3-14(12)15(16)11-17(7-6-16)8-9-17/h2-3,10,15,18H,4-9,11H2,1H3. The molecule has 2 unspecified atom stereocenters. The maximum absolute atomic E-state index is 9.66. The average molecular weight is 242 g/mol. The van der Waals surface area contributed by atoms with Gasteiger partial charge in [-0.25, -0.2) is 0 Å². The number of hydrogen-bond donors (Lipinski definition) is 1. The van der Waals surface area contributed by atoms with Crippen molar-refractivity contribution in [2.24, 2.45) is 10.8 Å². The quantitative estimate of drug-likeness (QED) is 0.715. The third-order valence-corrected chi connectivity index (χ3v) is 6.13. The van der Waals surface area contributed by atoms with Gasteiger partial charge in [0.15, 0.2) is 0 Å². The highest BCUT2D eigenvalue weighted by atomic mass is 16.3. The molecule has 2 fully saturated rings. The molecule has 0 aromatic heterocycles. The molecule has 1 heteroatoms. The Hall–Kier alpha value is -0.980. The summed E-state index contributed by atoms with van der Waals surface area (Å²) >= 11 is 0. The fraction of sp³-hybridized carbons (Fsp3) is 0.647. The fourth-order valence-corrected chi connectivity index (χ4v) is 4.49. The molecule has 0 amide bonds. The van der Waals surface area contributed by atoms with Crippen LogP contribution in [0.5, 0.6) is 5.75 Å². The predicted molar refractivity (Wildman–Crippen MR) is 72.8 cm³/mol. The molecule has 1 aromatic rings. The first-order chi connectivity index (χ1) is 8.60. The zero-order chi connectivity index (χ0) is 12.4. The van der Waals surface area contributed by atoms with E-state index in [0.29, 0.717) is 11.2 Å². The number of hydrogen-bond acceptors (Lipinski definition) is 1. The Labute approximate surface area is 109 Å². The first-order valence-electron chi connectivity index (χ1n) is 7.42. The van der Waals surface area contributed by atoms with Gasteiger partial charge in [0.2, 0.25) is 0 Å². The van der Waals surface area contributed by atoms with Crippen molar-refractivity contribution in [1.29, 1.82) is 0 Å². The molecule has 18 heavy (non-hydrogen) atoms. The highest BCUT2D eigenvalue weighted by Crippen LogP contribution is 2.66. The molecular formula is C17H22O. The molecule has 0 aliphatic heterocycles. The summed E-state index contributed by atoms with van der Waals surface area (Å²) in [6, 6.07) is 6.09. The molecule has 1 nitrogen and oxygen atoms in total. The van der Waals surface area contributed by atoms with Crippen molar-refractivity contribution in [2.75, 3.05) is 0 Å². The highest BCUT2D eigenvalue weighted by Gasteiger charge is 2.53. The third kappa shape index (κ3) is 1.46. The summed E-state index contributed by atoms with van der Waals surface area (Å²) in [4.78, 5) is 0. The lowest BCUT2D eigenvalue weighted by Gasteiger charge is -2.49. The highest BCUT2D eigenvalue weighted by molar-refractivity contribution is 5.41. The summed E-state index contributed by atoms with van der Waals surface area (Å²) < 4.78 is 0. The van der Waals surface area contributed by atoms with E-state index < -0.39 is 0 Å². The minimum atomic E-state index is 0.439. The zero-order valence-corrected chi connectivity index (χ0v) is 11.2. The molecule has 3 aliphatic carbocycles. The van der Waals surface area contributed by atoms with Crippen molar-refractivity contribution in [2.45, 2.75) is 57.8 Å². The van der Waals surface area contributed by atoms with Crippen molar-refractivity contribution in [1.82, 2.24) is 0 Å². The Morgan fingerprint density at radius 3 is 2.67 bits per heavy atom. The second-order valence-corrected chi connectivity index (χ2v) is 7.29. The number of phenolic OH excluding ortho intramolecular Hbond substituents is 1. The van der Waals surface area contributed by atoms with Gasteiger partial charge in [0.25, 0.3) is 0 Å². The summed E-state index contributed by atoms with van der Waals surface area (Å²) in [6.07, 6.45) is 9.68. The Balaban J connectivity index is 1.78. The van der Waals surface area contributed by atoms with Gasteiger partial charge in [-0.05, 0) is 85.0 Å². The lowest BCUT2D eigenvalue weighted by Crippen LogP contribution is -2.37. The first kappa shape index (κ1) is 10.9. The molecule has 1 spiro atoms.